The molecule has 7 heteroatoms. The van der Waals surface area contributed by atoms with E-state index in [2.05, 4.69) is 0 Å². The first kappa shape index (κ1) is 19.9. The van der Waals surface area contributed by atoms with Crippen molar-refractivity contribution in [1.29, 1.82) is 0 Å². The molecular formula is C21H21F2NO4. The summed E-state index contributed by atoms with van der Waals surface area (Å²) in [5.41, 5.74) is -0.0996. The molecule has 1 fully saturated rings. The average Bonchev–Trinajstić information content (AvgIpc) is 3.20. The van der Waals surface area contributed by atoms with E-state index in [1.54, 1.807) is 0 Å². The third-order valence-corrected chi connectivity index (χ3v) is 4.91. The number of hydrogen-bond donors (Lipinski definition) is 0. The number of amides is 1. The van der Waals surface area contributed by atoms with Crippen molar-refractivity contribution in [2.75, 3.05) is 20.3 Å². The molecule has 0 unspecified atom stereocenters. The van der Waals surface area contributed by atoms with Crippen LogP contribution < -0.4 is 0 Å². The Bertz CT molecular complexity index is 851. The van der Waals surface area contributed by atoms with Crippen LogP contribution in [0.2, 0.25) is 0 Å². The average molecular weight is 389 g/mol. The van der Waals surface area contributed by atoms with Crippen molar-refractivity contribution in [3.05, 3.63) is 71.3 Å². The van der Waals surface area contributed by atoms with Crippen molar-refractivity contribution in [3.63, 3.8) is 0 Å². The molecule has 0 spiro atoms. The summed E-state index contributed by atoms with van der Waals surface area (Å²) in [5.74, 6) is -2.95. The summed E-state index contributed by atoms with van der Waals surface area (Å²) in [6, 6.07) is 12.5. The maximum atomic E-state index is 13.5. The van der Waals surface area contributed by atoms with Crippen LogP contribution in [-0.4, -0.2) is 42.6 Å². The molecule has 5 nitrogen and oxygen atoms in total. The highest BCUT2D eigenvalue weighted by molar-refractivity contribution is 5.89. The Kier molecular flexibility index (Phi) is 6.04. The molecule has 2 aromatic rings. The van der Waals surface area contributed by atoms with E-state index in [4.69, 9.17) is 9.47 Å². The lowest BCUT2D eigenvalue weighted by molar-refractivity contribution is -0.162. The first-order valence-corrected chi connectivity index (χ1v) is 8.91. The fourth-order valence-electron chi connectivity index (χ4n) is 3.39. The molecule has 1 amide bonds. The lowest BCUT2D eigenvalue weighted by Gasteiger charge is -2.38. The lowest BCUT2D eigenvalue weighted by Crippen LogP contribution is -2.58. The largest absolute Gasteiger partial charge is 0.467 e. The highest BCUT2D eigenvalue weighted by Gasteiger charge is 2.50. The number of rotatable bonds is 6. The quantitative estimate of drug-likeness (QED) is 0.713. The Morgan fingerprint density at radius 3 is 2.46 bits per heavy atom. The summed E-state index contributed by atoms with van der Waals surface area (Å²) in [4.78, 5) is 27.2. The number of ether oxygens (including phenoxy) is 2. The van der Waals surface area contributed by atoms with Crippen molar-refractivity contribution in [3.8, 4) is 0 Å². The van der Waals surface area contributed by atoms with Crippen LogP contribution in [0.4, 0.5) is 8.78 Å². The van der Waals surface area contributed by atoms with E-state index in [-0.39, 0.29) is 19.6 Å². The zero-order valence-electron chi connectivity index (χ0n) is 15.5. The van der Waals surface area contributed by atoms with Crippen molar-refractivity contribution >= 4 is 11.9 Å². The van der Waals surface area contributed by atoms with Crippen LogP contribution in [0.25, 0.3) is 0 Å². The molecule has 0 saturated carbocycles. The second kappa shape index (κ2) is 8.48. The molecule has 1 aliphatic heterocycles. The highest BCUT2D eigenvalue weighted by Crippen LogP contribution is 2.30. The minimum absolute atomic E-state index is 0.0238. The predicted molar refractivity (Wildman–Crippen MR) is 97.2 cm³/mol. The van der Waals surface area contributed by atoms with Crippen LogP contribution in [0, 0.1) is 11.6 Å². The van der Waals surface area contributed by atoms with Crippen LogP contribution in [-0.2, 0) is 32.0 Å². The first-order valence-electron chi connectivity index (χ1n) is 8.91. The number of nitrogens with zero attached hydrogens (tertiary/aromatic N) is 1. The van der Waals surface area contributed by atoms with Gasteiger partial charge in [0, 0.05) is 19.6 Å². The van der Waals surface area contributed by atoms with Gasteiger partial charge in [0.2, 0.25) is 5.91 Å². The van der Waals surface area contributed by atoms with Gasteiger partial charge in [-0.2, -0.15) is 0 Å². The molecule has 0 bridgehead atoms. The van der Waals surface area contributed by atoms with Gasteiger partial charge in [0.05, 0.1) is 20.1 Å². The van der Waals surface area contributed by atoms with Crippen molar-refractivity contribution in [2.24, 2.45) is 0 Å². The van der Waals surface area contributed by atoms with Crippen molar-refractivity contribution < 1.29 is 27.8 Å². The maximum Gasteiger partial charge on any atom is 0.334 e. The molecule has 0 N–H and O–H groups in total. The number of benzene rings is 2. The van der Waals surface area contributed by atoms with Gasteiger partial charge in [-0.05, 0) is 23.3 Å². The van der Waals surface area contributed by atoms with Gasteiger partial charge in [-0.15, -0.1) is 0 Å². The third-order valence-electron chi connectivity index (χ3n) is 4.91. The molecule has 28 heavy (non-hydrogen) atoms. The van der Waals surface area contributed by atoms with Crippen LogP contribution in [0.15, 0.2) is 48.5 Å². The van der Waals surface area contributed by atoms with E-state index >= 15 is 0 Å². The van der Waals surface area contributed by atoms with Gasteiger partial charge in [0.25, 0.3) is 0 Å². The van der Waals surface area contributed by atoms with E-state index in [1.165, 1.54) is 18.1 Å². The Morgan fingerprint density at radius 2 is 1.86 bits per heavy atom. The SMILES string of the molecule is COC(=O)[C@@]1(N(Cc2ccccc2)C(=O)Cc2ccc(F)c(F)c2)CCOC1. The normalized spacial score (nSPS) is 18.7. The molecule has 1 saturated heterocycles. The Balaban J connectivity index is 1.93. The minimum atomic E-state index is -1.25. The van der Waals surface area contributed by atoms with Crippen LogP contribution in [0.5, 0.6) is 0 Å². The van der Waals surface area contributed by atoms with Gasteiger partial charge in [-0.1, -0.05) is 36.4 Å². The number of hydrogen-bond acceptors (Lipinski definition) is 4. The van der Waals surface area contributed by atoms with E-state index < -0.39 is 29.0 Å². The topological polar surface area (TPSA) is 55.8 Å². The van der Waals surface area contributed by atoms with Gasteiger partial charge in [-0.3, -0.25) is 4.79 Å². The molecule has 3 rings (SSSR count). The molecule has 0 aliphatic carbocycles. The Morgan fingerprint density at radius 1 is 1.11 bits per heavy atom. The molecule has 1 heterocycles. The van der Waals surface area contributed by atoms with Crippen molar-refractivity contribution in [2.45, 2.75) is 24.9 Å². The standard InChI is InChI=1S/C21H21F2NO4/c1-27-20(26)21(9-10-28-14-21)24(13-15-5-3-2-4-6-15)19(25)12-16-7-8-17(22)18(23)11-16/h2-8,11H,9-10,12-14H2,1H3/t21-/m1/s1. The van der Waals surface area contributed by atoms with Gasteiger partial charge >= 0.3 is 5.97 Å². The molecule has 1 aliphatic rings. The monoisotopic (exact) mass is 389 g/mol. The predicted octanol–water partition coefficient (Wildman–Crippen LogP) is 2.87. The number of esters is 1. The van der Waals surface area contributed by atoms with Gasteiger partial charge < -0.3 is 14.4 Å². The zero-order valence-corrected chi connectivity index (χ0v) is 15.5. The number of carbonyl (C=O) groups excluding carboxylic acids is 2. The van der Waals surface area contributed by atoms with E-state index in [9.17, 15) is 18.4 Å². The second-order valence-electron chi connectivity index (χ2n) is 6.72. The number of methoxy groups -OCH3 is 1. The molecular weight excluding hydrogens is 368 g/mol. The zero-order chi connectivity index (χ0) is 20.1. The van der Waals surface area contributed by atoms with E-state index in [1.807, 2.05) is 30.3 Å². The molecule has 2 aromatic carbocycles. The lowest BCUT2D eigenvalue weighted by atomic mass is 9.94. The van der Waals surface area contributed by atoms with Crippen molar-refractivity contribution in [1.82, 2.24) is 4.90 Å². The van der Waals surface area contributed by atoms with Crippen LogP contribution in [0.3, 0.4) is 0 Å². The van der Waals surface area contributed by atoms with Gasteiger partial charge in [0.15, 0.2) is 17.2 Å². The third kappa shape index (κ3) is 4.04. The fourth-order valence-corrected chi connectivity index (χ4v) is 3.39. The van der Waals surface area contributed by atoms with Crippen LogP contribution in [0.1, 0.15) is 17.5 Å². The number of halogens is 2. The number of carbonyl (C=O) groups is 2. The molecule has 1 atom stereocenters. The molecule has 0 radical (unpaired) electrons. The van der Waals surface area contributed by atoms with Gasteiger partial charge in [0.1, 0.15) is 0 Å². The first-order chi connectivity index (χ1) is 13.5. The summed E-state index contributed by atoms with van der Waals surface area (Å²) in [6.45, 7) is 0.511. The summed E-state index contributed by atoms with van der Waals surface area (Å²) in [5, 5.41) is 0. The molecule has 0 aromatic heterocycles. The Hall–Kier alpha value is -2.80. The smallest absolute Gasteiger partial charge is 0.334 e. The summed E-state index contributed by atoms with van der Waals surface area (Å²) >= 11 is 0. The summed E-state index contributed by atoms with van der Waals surface area (Å²) < 4.78 is 37.1. The highest BCUT2D eigenvalue weighted by atomic mass is 19.2. The van der Waals surface area contributed by atoms with E-state index in [0.29, 0.717) is 18.6 Å². The summed E-state index contributed by atoms with van der Waals surface area (Å²) in [7, 11) is 1.27. The van der Waals surface area contributed by atoms with E-state index in [0.717, 1.165) is 17.7 Å². The summed E-state index contributed by atoms with van der Waals surface area (Å²) in [6.07, 6.45) is 0.124. The molecule has 148 valence electrons. The maximum absolute atomic E-state index is 13.5. The van der Waals surface area contributed by atoms with Crippen LogP contribution >= 0.6 is 0 Å². The second-order valence-corrected chi connectivity index (χ2v) is 6.72. The fraction of sp³-hybridized carbons (Fsp3) is 0.333. The van der Waals surface area contributed by atoms with Gasteiger partial charge in [-0.25, -0.2) is 13.6 Å². The minimum Gasteiger partial charge on any atom is -0.467 e. The Labute approximate surface area is 161 Å².